The van der Waals surface area contributed by atoms with E-state index in [0.29, 0.717) is 29.2 Å². The highest BCUT2D eigenvalue weighted by atomic mass is 32.2. The number of aryl methyl sites for hydroxylation is 1. The molecule has 0 saturated carbocycles. The van der Waals surface area contributed by atoms with Crippen LogP contribution in [0.3, 0.4) is 0 Å². The molecule has 0 aliphatic rings. The molecule has 154 valence electrons. The number of nitrogens with one attached hydrogen (secondary N) is 2. The molecule has 0 unspecified atom stereocenters. The van der Waals surface area contributed by atoms with Gasteiger partial charge in [-0.2, -0.15) is 0 Å². The van der Waals surface area contributed by atoms with Crippen molar-refractivity contribution >= 4 is 32.6 Å². The van der Waals surface area contributed by atoms with Gasteiger partial charge in [0.05, 0.1) is 11.5 Å². The number of carbonyl (C=O) groups excluding carboxylic acids is 1. The van der Waals surface area contributed by atoms with Crippen LogP contribution in [0.25, 0.3) is 11.0 Å². The molecule has 0 bridgehead atoms. The first-order valence-electron chi connectivity index (χ1n) is 9.31. The van der Waals surface area contributed by atoms with E-state index < -0.39 is 15.9 Å². The quantitative estimate of drug-likeness (QED) is 0.605. The van der Waals surface area contributed by atoms with Crippen molar-refractivity contribution in [3.05, 3.63) is 53.8 Å². The average molecular weight is 416 g/mol. The van der Waals surface area contributed by atoms with E-state index in [4.69, 9.17) is 9.15 Å². The number of amides is 1. The first-order chi connectivity index (χ1) is 13.7. The molecule has 1 heterocycles. The van der Waals surface area contributed by atoms with Gasteiger partial charge >= 0.3 is 0 Å². The van der Waals surface area contributed by atoms with Crippen LogP contribution in [-0.4, -0.2) is 27.0 Å². The van der Waals surface area contributed by atoms with Gasteiger partial charge in [-0.15, -0.1) is 0 Å². The Balaban J connectivity index is 1.81. The number of carbonyl (C=O) groups is 1. The van der Waals surface area contributed by atoms with Crippen LogP contribution < -0.4 is 14.8 Å². The zero-order valence-corrected chi connectivity index (χ0v) is 17.6. The molecule has 0 spiro atoms. The predicted molar refractivity (Wildman–Crippen MR) is 112 cm³/mol. The zero-order chi connectivity index (χ0) is 21.2. The number of benzene rings is 2. The number of hydrogen-bond acceptors (Lipinski definition) is 5. The van der Waals surface area contributed by atoms with Crippen molar-refractivity contribution in [2.24, 2.45) is 0 Å². The Morgan fingerprint density at radius 1 is 1.14 bits per heavy atom. The highest BCUT2D eigenvalue weighted by Gasteiger charge is 2.19. The summed E-state index contributed by atoms with van der Waals surface area (Å²) in [5, 5.41) is 3.55. The van der Waals surface area contributed by atoms with Crippen LogP contribution in [0.4, 0.5) is 5.69 Å². The number of sulfonamides is 1. The molecule has 3 rings (SSSR count). The van der Waals surface area contributed by atoms with E-state index in [0.717, 1.165) is 5.39 Å². The van der Waals surface area contributed by atoms with E-state index in [1.54, 1.807) is 26.0 Å². The van der Waals surface area contributed by atoms with E-state index in [-0.39, 0.29) is 16.7 Å². The maximum atomic E-state index is 12.7. The number of hydrogen-bond donors (Lipinski definition) is 2. The van der Waals surface area contributed by atoms with E-state index in [9.17, 15) is 13.2 Å². The third-order valence-corrected chi connectivity index (χ3v) is 5.91. The van der Waals surface area contributed by atoms with Crippen LogP contribution in [0.15, 0.2) is 51.8 Å². The Hall–Kier alpha value is -2.84. The van der Waals surface area contributed by atoms with E-state index in [2.05, 4.69) is 10.0 Å². The molecule has 3 aromatic rings. The Bertz CT molecular complexity index is 1130. The van der Waals surface area contributed by atoms with Gasteiger partial charge in [-0.25, -0.2) is 13.1 Å². The van der Waals surface area contributed by atoms with Gasteiger partial charge in [0.25, 0.3) is 5.91 Å². The summed E-state index contributed by atoms with van der Waals surface area (Å²) in [5.41, 5.74) is 1.77. The van der Waals surface area contributed by atoms with Crippen molar-refractivity contribution in [2.45, 2.75) is 38.6 Å². The van der Waals surface area contributed by atoms with Crippen LogP contribution >= 0.6 is 0 Å². The van der Waals surface area contributed by atoms with Crippen LogP contribution in [0, 0.1) is 6.92 Å². The fourth-order valence-corrected chi connectivity index (χ4v) is 4.21. The summed E-state index contributed by atoms with van der Waals surface area (Å²) in [4.78, 5) is 12.8. The SMILES string of the molecule is CCOc1ccc2oc(C(=O)Nc3ccc(S(=O)(=O)NC(C)C)cc3)c(C)c2c1. The molecule has 2 aromatic carbocycles. The largest absolute Gasteiger partial charge is 0.494 e. The smallest absolute Gasteiger partial charge is 0.291 e. The highest BCUT2D eigenvalue weighted by Crippen LogP contribution is 2.29. The minimum atomic E-state index is -3.58. The lowest BCUT2D eigenvalue weighted by Crippen LogP contribution is -2.30. The van der Waals surface area contributed by atoms with Gasteiger partial charge in [0.1, 0.15) is 11.3 Å². The van der Waals surface area contributed by atoms with Crippen LogP contribution in [0.2, 0.25) is 0 Å². The third-order valence-electron chi connectivity index (χ3n) is 4.24. The Morgan fingerprint density at radius 3 is 2.45 bits per heavy atom. The lowest BCUT2D eigenvalue weighted by Gasteiger charge is -2.10. The van der Waals surface area contributed by atoms with Crippen molar-refractivity contribution in [1.29, 1.82) is 0 Å². The molecule has 0 aliphatic carbocycles. The summed E-state index contributed by atoms with van der Waals surface area (Å²) < 4.78 is 38.1. The monoisotopic (exact) mass is 416 g/mol. The Kier molecular flexibility index (Phi) is 5.95. The molecule has 0 saturated heterocycles. The second-order valence-electron chi connectivity index (χ2n) is 6.90. The lowest BCUT2D eigenvalue weighted by molar-refractivity contribution is 0.0998. The molecule has 0 fully saturated rings. The summed E-state index contributed by atoms with van der Waals surface area (Å²) >= 11 is 0. The summed E-state index contributed by atoms with van der Waals surface area (Å²) in [7, 11) is -3.58. The van der Waals surface area contributed by atoms with Gasteiger partial charge in [-0.05, 0) is 70.2 Å². The predicted octanol–water partition coefficient (Wildman–Crippen LogP) is 4.08. The summed E-state index contributed by atoms with van der Waals surface area (Å²) in [6, 6.07) is 11.2. The normalized spacial score (nSPS) is 11.8. The van der Waals surface area contributed by atoms with E-state index in [1.807, 2.05) is 19.9 Å². The van der Waals surface area contributed by atoms with Crippen molar-refractivity contribution < 1.29 is 22.4 Å². The van der Waals surface area contributed by atoms with Crippen LogP contribution in [-0.2, 0) is 10.0 Å². The van der Waals surface area contributed by atoms with Crippen molar-refractivity contribution in [3.63, 3.8) is 0 Å². The highest BCUT2D eigenvalue weighted by molar-refractivity contribution is 7.89. The number of ether oxygens (including phenoxy) is 1. The topological polar surface area (TPSA) is 97.6 Å². The Labute approximate surface area is 170 Å². The molecular weight excluding hydrogens is 392 g/mol. The fraction of sp³-hybridized carbons (Fsp3) is 0.286. The Morgan fingerprint density at radius 2 is 1.83 bits per heavy atom. The minimum Gasteiger partial charge on any atom is -0.494 e. The number of fused-ring (bicyclic) bond motifs is 1. The molecule has 0 atom stereocenters. The maximum Gasteiger partial charge on any atom is 0.291 e. The average Bonchev–Trinajstić information content (AvgIpc) is 2.98. The molecule has 8 heteroatoms. The molecule has 7 nitrogen and oxygen atoms in total. The van der Waals surface area contributed by atoms with Crippen LogP contribution in [0.1, 0.15) is 36.9 Å². The summed E-state index contributed by atoms with van der Waals surface area (Å²) in [5.74, 6) is 0.502. The standard InChI is InChI=1S/C21H24N2O5S/c1-5-27-16-8-11-19-18(12-16)14(4)20(28-19)21(24)22-15-6-9-17(10-7-15)29(25,26)23-13(2)3/h6-13,23H,5H2,1-4H3,(H,22,24). The molecule has 0 radical (unpaired) electrons. The van der Waals surface area contributed by atoms with Crippen molar-refractivity contribution in [3.8, 4) is 5.75 Å². The maximum absolute atomic E-state index is 12.7. The third kappa shape index (κ3) is 4.60. The number of anilines is 1. The van der Waals surface area contributed by atoms with Gasteiger partial charge in [0.15, 0.2) is 5.76 Å². The first kappa shape index (κ1) is 20.9. The second-order valence-corrected chi connectivity index (χ2v) is 8.62. The van der Waals surface area contributed by atoms with E-state index >= 15 is 0 Å². The summed E-state index contributed by atoms with van der Waals surface area (Å²) in [6.45, 7) is 7.76. The van der Waals surface area contributed by atoms with Gasteiger partial charge in [0, 0.05) is 22.7 Å². The zero-order valence-electron chi connectivity index (χ0n) is 16.8. The van der Waals surface area contributed by atoms with Gasteiger partial charge < -0.3 is 14.5 Å². The van der Waals surface area contributed by atoms with Gasteiger partial charge in [0.2, 0.25) is 10.0 Å². The van der Waals surface area contributed by atoms with Crippen molar-refractivity contribution in [1.82, 2.24) is 4.72 Å². The van der Waals surface area contributed by atoms with Crippen molar-refractivity contribution in [2.75, 3.05) is 11.9 Å². The number of rotatable bonds is 7. The molecule has 0 aliphatic heterocycles. The van der Waals surface area contributed by atoms with Gasteiger partial charge in [-0.3, -0.25) is 4.79 Å². The molecule has 1 aromatic heterocycles. The first-order valence-corrected chi connectivity index (χ1v) is 10.8. The molecular formula is C21H24N2O5S. The number of furan rings is 1. The molecule has 29 heavy (non-hydrogen) atoms. The van der Waals surface area contributed by atoms with Crippen LogP contribution in [0.5, 0.6) is 5.75 Å². The lowest BCUT2D eigenvalue weighted by atomic mass is 10.1. The fourth-order valence-electron chi connectivity index (χ4n) is 2.96. The van der Waals surface area contributed by atoms with E-state index in [1.165, 1.54) is 24.3 Å². The summed E-state index contributed by atoms with van der Waals surface area (Å²) in [6.07, 6.45) is 0. The minimum absolute atomic E-state index is 0.132. The molecule has 1 amide bonds. The second kappa shape index (κ2) is 8.26. The van der Waals surface area contributed by atoms with Gasteiger partial charge in [-0.1, -0.05) is 0 Å². The molecule has 2 N–H and O–H groups in total.